The molecule has 4 nitrogen and oxygen atoms in total. The summed E-state index contributed by atoms with van der Waals surface area (Å²) in [6.07, 6.45) is 5.86. The van der Waals surface area contributed by atoms with E-state index in [-0.39, 0.29) is 48.9 Å². The van der Waals surface area contributed by atoms with E-state index < -0.39 is 0 Å². The molecule has 0 spiro atoms. The average Bonchev–Trinajstić information content (AvgIpc) is 3.65. The fraction of sp³-hybridized carbons (Fsp3) is 0.417. The molecule has 0 aliphatic heterocycles. The summed E-state index contributed by atoms with van der Waals surface area (Å²) in [5.74, 6) is 2.20. The number of aliphatic hydroxyl groups is 1. The van der Waals surface area contributed by atoms with E-state index in [2.05, 4.69) is 115 Å². The molecule has 54 heavy (non-hydrogen) atoms. The average molecular weight is 921 g/mol. The molecule has 0 aliphatic rings. The number of furan rings is 1. The number of pyridine rings is 1. The number of fused-ring (bicyclic) bond motifs is 3. The van der Waals surface area contributed by atoms with Gasteiger partial charge in [0.2, 0.25) is 0 Å². The largest absolute Gasteiger partial charge is 0.512 e. The van der Waals surface area contributed by atoms with E-state index in [0.29, 0.717) is 5.92 Å². The molecule has 6 heteroatoms. The van der Waals surface area contributed by atoms with Crippen LogP contribution in [-0.2, 0) is 36.7 Å². The number of carbonyl (C=O) groups excluding carboxylic acids is 1. The van der Waals surface area contributed by atoms with Crippen LogP contribution in [0.25, 0.3) is 54.3 Å². The zero-order valence-corrected chi connectivity index (χ0v) is 37.3. The van der Waals surface area contributed by atoms with E-state index in [1.807, 2.05) is 27.7 Å². The normalized spacial score (nSPS) is 12.2. The van der Waals surface area contributed by atoms with Crippen molar-refractivity contribution in [2.45, 2.75) is 114 Å². The number of ketones is 1. The van der Waals surface area contributed by atoms with Crippen molar-refractivity contribution in [2.75, 3.05) is 0 Å². The quantitative estimate of drug-likeness (QED) is 0.0799. The first-order valence-corrected chi connectivity index (χ1v) is 20.3. The van der Waals surface area contributed by atoms with Gasteiger partial charge < -0.3 is 9.52 Å². The summed E-state index contributed by atoms with van der Waals surface area (Å²) in [5, 5.41) is 13.3. The Hall–Kier alpha value is -3.57. The van der Waals surface area contributed by atoms with E-state index in [4.69, 9.17) is 9.40 Å². The molecule has 6 aromatic rings. The smallest absolute Gasteiger partial charge is 0.162 e. The van der Waals surface area contributed by atoms with Gasteiger partial charge in [-0.05, 0) is 79.7 Å². The van der Waals surface area contributed by atoms with Gasteiger partial charge in [0.15, 0.2) is 5.78 Å². The number of benzene rings is 3. The summed E-state index contributed by atoms with van der Waals surface area (Å²) in [4.78, 5) is 18.1. The van der Waals surface area contributed by atoms with E-state index in [0.717, 1.165) is 71.2 Å². The Morgan fingerprint density at radius 2 is 1.57 bits per heavy atom. The molecule has 6 rings (SSSR count). The third-order valence-electron chi connectivity index (χ3n) is 10.5. The Balaban J connectivity index is 0.000000347. The second-order valence-corrected chi connectivity index (χ2v) is 17.2. The molecular formula is C48H58IrNO3S-. The fourth-order valence-electron chi connectivity index (χ4n) is 7.27. The molecule has 0 amide bonds. The van der Waals surface area contributed by atoms with Crippen molar-refractivity contribution in [1.82, 2.24) is 4.98 Å². The maximum absolute atomic E-state index is 11.7. The van der Waals surface area contributed by atoms with E-state index in [1.54, 1.807) is 11.3 Å². The predicted octanol–water partition coefficient (Wildman–Crippen LogP) is 14.3. The SMILES string of the molecule is CCC(CC)C(=O)/C=C(\O)C(CC)CC.Cc1cc2nc(-c3[c-]c4ccccc4c(C(C)(C)C)c3)cc(-c3ccc4c(C)c(CC(C)C)oc4c3)c2s1.[Ir]. The van der Waals surface area contributed by atoms with Gasteiger partial charge in [-0.25, -0.2) is 0 Å². The summed E-state index contributed by atoms with van der Waals surface area (Å²) in [6, 6.07) is 25.7. The molecule has 0 fully saturated rings. The second-order valence-electron chi connectivity index (χ2n) is 16.0. The van der Waals surface area contributed by atoms with Crippen molar-refractivity contribution in [3.05, 3.63) is 100 Å². The molecule has 3 aromatic carbocycles. The molecule has 3 heterocycles. The van der Waals surface area contributed by atoms with Crippen LogP contribution in [0.15, 0.2) is 76.9 Å². The number of hydrogen-bond donors (Lipinski definition) is 1. The van der Waals surface area contributed by atoms with E-state index >= 15 is 0 Å². The molecule has 0 saturated heterocycles. The van der Waals surface area contributed by atoms with Crippen LogP contribution < -0.4 is 0 Å². The maximum Gasteiger partial charge on any atom is 0.162 e. The van der Waals surface area contributed by atoms with Crippen LogP contribution in [0.1, 0.15) is 110 Å². The standard InChI is InChI=1S/C35H34NOS.C13H24O2.Ir/c1-20(2)14-32-22(4)26-13-12-24(18-33(26)37-32)28-19-30(36-31-15-21(3)38-34(28)31)25-16-23-10-8-9-11-27(23)29(17-25)35(5,6)7;1-5-10(6-2)12(14)9-13(15)11(7-3)8-4;/h8-13,15,17-20H,14H2,1-7H3;9-11,14H,5-8H2,1-4H3;/q-1;;/b;12-9-;. The number of thiophene rings is 1. The fourth-order valence-corrected chi connectivity index (χ4v) is 8.26. The molecule has 0 unspecified atom stereocenters. The van der Waals surface area contributed by atoms with Crippen LogP contribution in [0, 0.1) is 37.7 Å². The third-order valence-corrected chi connectivity index (χ3v) is 11.6. The minimum Gasteiger partial charge on any atom is -0.512 e. The summed E-state index contributed by atoms with van der Waals surface area (Å²) < 4.78 is 7.60. The second kappa shape index (κ2) is 18.4. The Morgan fingerprint density at radius 1 is 0.907 bits per heavy atom. The van der Waals surface area contributed by atoms with Crippen LogP contribution in [-0.4, -0.2) is 15.9 Å². The van der Waals surface area contributed by atoms with E-state index in [1.165, 1.54) is 43.1 Å². The monoisotopic (exact) mass is 921 g/mol. The summed E-state index contributed by atoms with van der Waals surface area (Å²) >= 11 is 1.81. The van der Waals surface area contributed by atoms with Crippen LogP contribution in [0.5, 0.6) is 0 Å². The predicted molar refractivity (Wildman–Crippen MR) is 227 cm³/mol. The van der Waals surface area contributed by atoms with Gasteiger partial charge in [0.05, 0.1) is 16.0 Å². The van der Waals surface area contributed by atoms with Crippen molar-refractivity contribution in [3.63, 3.8) is 0 Å². The number of aliphatic hydroxyl groups excluding tert-OH is 1. The van der Waals surface area contributed by atoms with Crippen molar-refractivity contribution >= 4 is 49.1 Å². The van der Waals surface area contributed by atoms with Gasteiger partial charge in [0.25, 0.3) is 0 Å². The maximum atomic E-state index is 11.7. The van der Waals surface area contributed by atoms with Crippen molar-refractivity contribution in [3.8, 4) is 22.4 Å². The zero-order chi connectivity index (χ0) is 38.6. The summed E-state index contributed by atoms with van der Waals surface area (Å²) in [5.41, 5.74) is 8.93. The van der Waals surface area contributed by atoms with E-state index in [9.17, 15) is 9.90 Å². The Morgan fingerprint density at radius 3 is 2.20 bits per heavy atom. The van der Waals surface area contributed by atoms with Gasteiger partial charge in [0, 0.05) is 60.4 Å². The van der Waals surface area contributed by atoms with Crippen molar-refractivity contribution in [1.29, 1.82) is 0 Å². The van der Waals surface area contributed by atoms with Gasteiger partial charge in [-0.2, -0.15) is 0 Å². The molecule has 0 saturated carbocycles. The molecule has 289 valence electrons. The van der Waals surface area contributed by atoms with Gasteiger partial charge in [-0.3, -0.25) is 9.78 Å². The van der Waals surface area contributed by atoms with Crippen LogP contribution in [0.4, 0.5) is 0 Å². The van der Waals surface area contributed by atoms with Crippen molar-refractivity contribution < 1.29 is 34.4 Å². The summed E-state index contributed by atoms with van der Waals surface area (Å²) in [6.45, 7) is 23.7. The van der Waals surface area contributed by atoms with Gasteiger partial charge in [-0.15, -0.1) is 40.5 Å². The number of aromatic nitrogens is 1. The first-order valence-electron chi connectivity index (χ1n) is 19.5. The zero-order valence-electron chi connectivity index (χ0n) is 34.1. The number of allylic oxidation sites excluding steroid dienone is 2. The number of nitrogens with zero attached hydrogens (tertiary/aromatic N) is 1. The van der Waals surface area contributed by atoms with Gasteiger partial charge in [0.1, 0.15) is 11.3 Å². The Labute approximate surface area is 340 Å². The molecule has 3 aromatic heterocycles. The molecule has 0 bridgehead atoms. The summed E-state index contributed by atoms with van der Waals surface area (Å²) in [7, 11) is 0. The first-order chi connectivity index (χ1) is 25.2. The Bertz CT molecular complexity index is 2240. The topological polar surface area (TPSA) is 63.3 Å². The van der Waals surface area contributed by atoms with Gasteiger partial charge in [-0.1, -0.05) is 110 Å². The number of aryl methyl sites for hydroxylation is 2. The minimum atomic E-state index is 0. The number of carbonyl (C=O) groups is 1. The Kier molecular flexibility index (Phi) is 14.7. The third kappa shape index (κ3) is 9.62. The first kappa shape index (κ1) is 43.2. The molecule has 1 N–H and O–H groups in total. The van der Waals surface area contributed by atoms with Gasteiger partial charge >= 0.3 is 0 Å². The molecule has 0 atom stereocenters. The molecular weight excluding hydrogens is 863 g/mol. The van der Waals surface area contributed by atoms with Crippen LogP contribution >= 0.6 is 11.3 Å². The number of rotatable bonds is 11. The van der Waals surface area contributed by atoms with Crippen LogP contribution in [0.2, 0.25) is 0 Å². The molecule has 1 radical (unpaired) electrons. The number of hydrogen-bond acceptors (Lipinski definition) is 5. The molecule has 0 aliphatic carbocycles. The van der Waals surface area contributed by atoms with Crippen LogP contribution in [0.3, 0.4) is 0 Å². The van der Waals surface area contributed by atoms with Crippen molar-refractivity contribution in [2.24, 2.45) is 17.8 Å². The minimum absolute atomic E-state index is 0.